The molecular formula is C30H39ClN2O5S. The Balaban J connectivity index is 1.74. The number of anilines is 1. The molecule has 3 aliphatic rings. The van der Waals surface area contributed by atoms with Crippen molar-refractivity contribution < 1.29 is 24.2 Å². The van der Waals surface area contributed by atoms with Crippen LogP contribution in [-0.4, -0.2) is 69.6 Å². The number of para-hydroxylation sites is 1. The predicted octanol–water partition coefficient (Wildman–Crippen LogP) is 4.87. The third-order valence-electron chi connectivity index (χ3n) is 8.53. The summed E-state index contributed by atoms with van der Waals surface area (Å²) >= 11 is 8.12. The van der Waals surface area contributed by atoms with Crippen LogP contribution in [0.4, 0.5) is 5.69 Å². The Morgan fingerprint density at radius 2 is 2.05 bits per heavy atom. The van der Waals surface area contributed by atoms with E-state index in [1.165, 1.54) is 0 Å². The molecule has 212 valence electrons. The molecule has 1 spiro atoms. The average molecular weight is 575 g/mol. The molecule has 1 N–H and O–H groups in total. The van der Waals surface area contributed by atoms with Crippen molar-refractivity contribution in [3.8, 4) is 0 Å². The number of carbonyl (C=O) groups is 3. The molecule has 3 heterocycles. The van der Waals surface area contributed by atoms with Crippen LogP contribution in [0.1, 0.15) is 46.0 Å². The number of halogens is 1. The topological polar surface area (TPSA) is 87.2 Å². The second-order valence-electron chi connectivity index (χ2n) is 10.7. The van der Waals surface area contributed by atoms with Crippen molar-refractivity contribution in [3.63, 3.8) is 0 Å². The van der Waals surface area contributed by atoms with Crippen LogP contribution in [0.15, 0.2) is 49.6 Å². The standard InChI is InChI=1S/C30H39ClN2O5S/c1-5-8-9-12-16-38-29(37)24-23-17-19(4)30(39-23)25(24)27(35)33(20(7-3)18-34)26(30)28(36)32(15-6-2)22-14-11-10-13-21(22)31/h5-6,10-11,13-14,19-20,23-26,34H,1-2,7-9,12,15-18H2,3-4H3/t19?,20-,23-,24+,25-,26?,30?/m0/s1. The van der Waals surface area contributed by atoms with Gasteiger partial charge in [-0.2, -0.15) is 0 Å². The van der Waals surface area contributed by atoms with Gasteiger partial charge in [-0.1, -0.05) is 49.7 Å². The molecule has 7 nitrogen and oxygen atoms in total. The number of unbranched alkanes of at least 4 members (excludes halogenated alkanes) is 2. The number of likely N-dealkylation sites (tertiary alicyclic amines) is 1. The van der Waals surface area contributed by atoms with E-state index >= 15 is 0 Å². The first kappa shape index (κ1) is 29.7. The Morgan fingerprint density at radius 3 is 2.69 bits per heavy atom. The third kappa shape index (κ3) is 5.04. The molecule has 1 aromatic rings. The van der Waals surface area contributed by atoms with Crippen molar-refractivity contribution in [2.45, 2.75) is 68.0 Å². The summed E-state index contributed by atoms with van der Waals surface area (Å²) in [7, 11) is 0. The van der Waals surface area contributed by atoms with Crippen LogP contribution < -0.4 is 4.90 Å². The molecule has 1 aromatic carbocycles. The fourth-order valence-electron chi connectivity index (χ4n) is 6.73. The monoisotopic (exact) mass is 574 g/mol. The van der Waals surface area contributed by atoms with E-state index < -0.39 is 28.7 Å². The van der Waals surface area contributed by atoms with Crippen LogP contribution >= 0.6 is 23.4 Å². The largest absolute Gasteiger partial charge is 0.465 e. The SMILES string of the molecule is C=CCCCCOC(=O)[C@@H]1[C@@H]2CC(C)C3(S2)C(C(=O)N(CC=C)c2ccccc2Cl)N([C@@H](CC)CO)C(=O)[C@H]13. The lowest BCUT2D eigenvalue weighted by Crippen LogP contribution is -2.59. The summed E-state index contributed by atoms with van der Waals surface area (Å²) in [5.74, 6) is -2.19. The number of allylic oxidation sites excluding steroid dienone is 1. The highest BCUT2D eigenvalue weighted by atomic mass is 35.5. The molecule has 4 rings (SSSR count). The molecule has 39 heavy (non-hydrogen) atoms. The number of fused-ring (bicyclic) bond motifs is 1. The van der Waals surface area contributed by atoms with Crippen LogP contribution in [0.25, 0.3) is 0 Å². The van der Waals surface area contributed by atoms with Crippen LogP contribution in [0.2, 0.25) is 5.02 Å². The minimum atomic E-state index is -0.862. The van der Waals surface area contributed by atoms with E-state index in [-0.39, 0.29) is 42.1 Å². The van der Waals surface area contributed by atoms with Crippen LogP contribution in [-0.2, 0) is 19.1 Å². The van der Waals surface area contributed by atoms with Crippen molar-refractivity contribution in [1.29, 1.82) is 0 Å². The molecule has 2 amide bonds. The Kier molecular flexibility index (Phi) is 9.50. The number of benzene rings is 1. The van der Waals surface area contributed by atoms with Gasteiger partial charge < -0.3 is 19.6 Å². The fourth-order valence-corrected chi connectivity index (χ4v) is 9.36. The lowest BCUT2D eigenvalue weighted by atomic mass is 9.66. The second-order valence-corrected chi connectivity index (χ2v) is 12.6. The highest BCUT2D eigenvalue weighted by molar-refractivity contribution is 8.02. The molecule has 0 saturated carbocycles. The first-order valence-electron chi connectivity index (χ1n) is 13.8. The van der Waals surface area contributed by atoms with E-state index in [0.29, 0.717) is 30.2 Å². The molecule has 0 aliphatic carbocycles. The highest BCUT2D eigenvalue weighted by Crippen LogP contribution is 2.69. The quantitative estimate of drug-likeness (QED) is 0.205. The fraction of sp³-hybridized carbons (Fsp3) is 0.567. The molecule has 3 aliphatic heterocycles. The summed E-state index contributed by atoms with van der Waals surface area (Å²) in [5, 5.41) is 10.6. The first-order valence-corrected chi connectivity index (χ1v) is 15.1. The predicted molar refractivity (Wildman–Crippen MR) is 156 cm³/mol. The molecule has 3 fully saturated rings. The highest BCUT2D eigenvalue weighted by Gasteiger charge is 2.77. The molecule has 9 heteroatoms. The average Bonchev–Trinajstić information content (AvgIpc) is 3.52. The summed E-state index contributed by atoms with van der Waals surface area (Å²) < 4.78 is 4.89. The van der Waals surface area contributed by atoms with Gasteiger partial charge >= 0.3 is 5.97 Å². The van der Waals surface area contributed by atoms with Crippen molar-refractivity contribution in [1.82, 2.24) is 4.90 Å². The summed E-state index contributed by atoms with van der Waals surface area (Å²) in [5.41, 5.74) is 0.536. The van der Waals surface area contributed by atoms with Gasteiger partial charge in [0.15, 0.2) is 0 Å². The summed E-state index contributed by atoms with van der Waals surface area (Å²) in [6, 6.07) is 5.70. The molecule has 2 bridgehead atoms. The van der Waals surface area contributed by atoms with E-state index in [0.717, 1.165) is 19.3 Å². The summed E-state index contributed by atoms with van der Waals surface area (Å²) in [6.07, 6.45) is 7.12. The molecule has 0 aromatic heterocycles. The number of rotatable bonds is 13. The number of hydrogen-bond acceptors (Lipinski definition) is 6. The Bertz CT molecular complexity index is 1110. The lowest BCUT2D eigenvalue weighted by Gasteiger charge is -2.42. The van der Waals surface area contributed by atoms with E-state index in [9.17, 15) is 19.5 Å². The molecular weight excluding hydrogens is 536 g/mol. The number of carbonyl (C=O) groups excluding carboxylic acids is 3. The van der Waals surface area contributed by atoms with Crippen LogP contribution in [0.3, 0.4) is 0 Å². The molecule has 3 saturated heterocycles. The zero-order chi connectivity index (χ0) is 28.3. The molecule has 0 radical (unpaired) electrons. The van der Waals surface area contributed by atoms with Gasteiger partial charge in [0.05, 0.1) is 46.5 Å². The summed E-state index contributed by atoms with van der Waals surface area (Å²) in [6.45, 7) is 11.8. The van der Waals surface area contributed by atoms with Crippen molar-refractivity contribution in [2.24, 2.45) is 17.8 Å². The second kappa shape index (κ2) is 12.5. The zero-order valence-corrected chi connectivity index (χ0v) is 24.3. The van der Waals surface area contributed by atoms with Gasteiger partial charge in [-0.3, -0.25) is 14.4 Å². The van der Waals surface area contributed by atoms with Crippen molar-refractivity contribution >= 4 is 46.8 Å². The number of thioether (sulfide) groups is 1. The molecule has 7 atom stereocenters. The van der Waals surface area contributed by atoms with Gasteiger partial charge in [0.25, 0.3) is 5.91 Å². The Labute approximate surface area is 240 Å². The van der Waals surface area contributed by atoms with Gasteiger partial charge in [0, 0.05) is 11.8 Å². The number of esters is 1. The number of aliphatic hydroxyl groups excluding tert-OH is 1. The van der Waals surface area contributed by atoms with Crippen molar-refractivity contribution in [3.05, 3.63) is 54.6 Å². The number of hydrogen-bond donors (Lipinski definition) is 1. The van der Waals surface area contributed by atoms with Crippen LogP contribution in [0.5, 0.6) is 0 Å². The normalized spacial score (nSPS) is 29.7. The molecule has 3 unspecified atom stereocenters. The maximum atomic E-state index is 14.6. The number of amides is 2. The van der Waals surface area contributed by atoms with Gasteiger partial charge in [-0.05, 0) is 50.2 Å². The van der Waals surface area contributed by atoms with Gasteiger partial charge in [-0.15, -0.1) is 24.9 Å². The number of aliphatic hydroxyl groups is 1. The van der Waals surface area contributed by atoms with E-state index in [1.54, 1.807) is 45.8 Å². The van der Waals surface area contributed by atoms with E-state index in [1.807, 2.05) is 19.1 Å². The summed E-state index contributed by atoms with van der Waals surface area (Å²) in [4.78, 5) is 45.5. The van der Waals surface area contributed by atoms with Gasteiger partial charge in [0.2, 0.25) is 5.91 Å². The van der Waals surface area contributed by atoms with E-state index in [4.69, 9.17) is 16.3 Å². The van der Waals surface area contributed by atoms with Gasteiger partial charge in [0.1, 0.15) is 6.04 Å². The number of nitrogens with zero attached hydrogens (tertiary/aromatic N) is 2. The van der Waals surface area contributed by atoms with Crippen LogP contribution in [0, 0.1) is 17.8 Å². The van der Waals surface area contributed by atoms with Crippen molar-refractivity contribution in [2.75, 3.05) is 24.7 Å². The maximum absolute atomic E-state index is 14.6. The first-order chi connectivity index (χ1) is 18.8. The lowest BCUT2D eigenvalue weighted by molar-refractivity contribution is -0.155. The third-order valence-corrected chi connectivity index (χ3v) is 10.9. The minimum Gasteiger partial charge on any atom is -0.465 e. The minimum absolute atomic E-state index is 0.00469. The Hall–Kier alpha value is -2.29. The Morgan fingerprint density at radius 1 is 1.31 bits per heavy atom. The van der Waals surface area contributed by atoms with Gasteiger partial charge in [-0.25, -0.2) is 0 Å². The zero-order valence-electron chi connectivity index (χ0n) is 22.8. The van der Waals surface area contributed by atoms with E-state index in [2.05, 4.69) is 20.1 Å². The number of ether oxygens (including phenoxy) is 1. The maximum Gasteiger partial charge on any atom is 0.310 e. The smallest absolute Gasteiger partial charge is 0.310 e.